The van der Waals surface area contributed by atoms with Gasteiger partial charge in [0.1, 0.15) is 5.75 Å². The second-order valence-electron chi connectivity index (χ2n) is 6.85. The molecular formula is C18H32N4O. The van der Waals surface area contributed by atoms with Crippen LogP contribution in [0.2, 0.25) is 0 Å². The fourth-order valence-corrected chi connectivity index (χ4v) is 2.26. The average molecular weight is 320 g/mol. The molecule has 0 bridgehead atoms. The minimum atomic E-state index is -0.0232. The fraction of sp³-hybridized carbons (Fsp3) is 0.611. The van der Waals surface area contributed by atoms with Crippen LogP contribution in [0.15, 0.2) is 29.3 Å². The number of guanidine groups is 1. The molecular weight excluding hydrogens is 288 g/mol. The van der Waals surface area contributed by atoms with E-state index in [0.29, 0.717) is 6.54 Å². The van der Waals surface area contributed by atoms with Crippen LogP contribution >= 0.6 is 0 Å². The molecule has 1 aromatic rings. The van der Waals surface area contributed by atoms with Gasteiger partial charge in [0, 0.05) is 12.1 Å². The Kier molecular flexibility index (Phi) is 7.36. The van der Waals surface area contributed by atoms with Gasteiger partial charge in [0.25, 0.3) is 0 Å². The molecule has 1 rings (SSSR count). The molecule has 0 fully saturated rings. The van der Waals surface area contributed by atoms with Crippen LogP contribution in [0.25, 0.3) is 0 Å². The molecule has 2 N–H and O–H groups in total. The number of rotatable bonds is 6. The molecule has 0 amide bonds. The van der Waals surface area contributed by atoms with Gasteiger partial charge >= 0.3 is 0 Å². The van der Waals surface area contributed by atoms with E-state index in [1.165, 1.54) is 5.56 Å². The molecule has 1 unspecified atom stereocenters. The molecule has 5 heteroatoms. The Bertz CT molecular complexity index is 506. The van der Waals surface area contributed by atoms with E-state index >= 15 is 0 Å². The minimum Gasteiger partial charge on any atom is -0.497 e. The number of ether oxygens (including phenoxy) is 1. The van der Waals surface area contributed by atoms with E-state index < -0.39 is 0 Å². The first kappa shape index (κ1) is 19.3. The molecule has 1 aromatic carbocycles. The topological polar surface area (TPSA) is 48.9 Å². The van der Waals surface area contributed by atoms with E-state index in [2.05, 4.69) is 69.5 Å². The van der Waals surface area contributed by atoms with Gasteiger partial charge < -0.3 is 20.3 Å². The molecule has 0 aliphatic carbocycles. The van der Waals surface area contributed by atoms with Gasteiger partial charge in [-0.2, -0.15) is 0 Å². The normalized spacial score (nSPS) is 13.8. The van der Waals surface area contributed by atoms with Gasteiger partial charge in [-0.25, -0.2) is 0 Å². The highest BCUT2D eigenvalue weighted by atomic mass is 16.5. The Morgan fingerprint density at radius 3 is 2.52 bits per heavy atom. The lowest BCUT2D eigenvalue weighted by molar-refractivity contribution is 0.305. The van der Waals surface area contributed by atoms with Crippen LogP contribution in [-0.4, -0.2) is 50.7 Å². The summed E-state index contributed by atoms with van der Waals surface area (Å²) in [5.41, 5.74) is 1.18. The van der Waals surface area contributed by atoms with Crippen molar-refractivity contribution >= 4 is 5.96 Å². The van der Waals surface area contributed by atoms with Crippen molar-refractivity contribution in [3.63, 3.8) is 0 Å². The summed E-state index contributed by atoms with van der Waals surface area (Å²) < 4.78 is 5.34. The lowest BCUT2D eigenvalue weighted by Crippen LogP contribution is -2.47. The maximum atomic E-state index is 5.34. The molecule has 1 atom stereocenters. The number of likely N-dealkylation sites (N-methyl/N-ethyl adjacent to an activating group) is 1. The molecule has 23 heavy (non-hydrogen) atoms. The van der Waals surface area contributed by atoms with E-state index in [1.807, 2.05) is 12.1 Å². The lowest BCUT2D eigenvalue weighted by Gasteiger charge is -2.26. The molecule has 0 saturated heterocycles. The van der Waals surface area contributed by atoms with Gasteiger partial charge in [-0.1, -0.05) is 12.1 Å². The Hall–Kier alpha value is -1.75. The summed E-state index contributed by atoms with van der Waals surface area (Å²) in [5.74, 6) is 1.72. The van der Waals surface area contributed by atoms with Crippen LogP contribution in [0, 0.1) is 0 Å². The predicted molar refractivity (Wildman–Crippen MR) is 98.3 cm³/mol. The number of nitrogens with zero attached hydrogens (tertiary/aromatic N) is 2. The van der Waals surface area contributed by atoms with Crippen molar-refractivity contribution in [2.24, 2.45) is 4.99 Å². The highest BCUT2D eigenvalue weighted by molar-refractivity contribution is 5.80. The van der Waals surface area contributed by atoms with Crippen LogP contribution < -0.4 is 15.4 Å². The Morgan fingerprint density at radius 2 is 2.00 bits per heavy atom. The Labute approximate surface area is 141 Å². The monoisotopic (exact) mass is 320 g/mol. The number of aliphatic imine (C=N–C) groups is 1. The van der Waals surface area contributed by atoms with Crippen molar-refractivity contribution < 1.29 is 4.74 Å². The zero-order valence-electron chi connectivity index (χ0n) is 15.6. The van der Waals surface area contributed by atoms with Crippen molar-refractivity contribution in [2.75, 3.05) is 34.3 Å². The SMILES string of the molecule is CCNC(=NCC(c1cccc(OC)c1)N(C)C)NC(C)(C)C. The van der Waals surface area contributed by atoms with E-state index in [4.69, 9.17) is 9.73 Å². The molecule has 0 aliphatic rings. The standard InChI is InChI=1S/C18H32N4O/c1-8-19-17(21-18(2,3)4)20-13-16(22(5)6)14-10-9-11-15(12-14)23-7/h9-12,16H,8,13H2,1-7H3,(H2,19,20,21). The molecule has 130 valence electrons. The van der Waals surface area contributed by atoms with E-state index in [-0.39, 0.29) is 11.6 Å². The summed E-state index contributed by atoms with van der Waals surface area (Å²) in [7, 11) is 5.84. The molecule has 0 radical (unpaired) electrons. The summed E-state index contributed by atoms with van der Waals surface area (Å²) in [5, 5.41) is 6.72. The largest absolute Gasteiger partial charge is 0.497 e. The maximum absolute atomic E-state index is 5.34. The van der Waals surface area contributed by atoms with Crippen molar-refractivity contribution in [1.29, 1.82) is 0 Å². The zero-order valence-corrected chi connectivity index (χ0v) is 15.6. The third kappa shape index (κ3) is 6.91. The van der Waals surface area contributed by atoms with E-state index in [1.54, 1.807) is 7.11 Å². The van der Waals surface area contributed by atoms with Crippen LogP contribution in [0.5, 0.6) is 5.75 Å². The molecule has 0 saturated carbocycles. The van der Waals surface area contributed by atoms with Crippen molar-refractivity contribution in [3.8, 4) is 5.75 Å². The number of methoxy groups -OCH3 is 1. The first-order valence-corrected chi connectivity index (χ1v) is 8.13. The summed E-state index contributed by atoms with van der Waals surface area (Å²) >= 11 is 0. The second kappa shape index (κ2) is 8.77. The third-order valence-electron chi connectivity index (χ3n) is 3.36. The predicted octanol–water partition coefficient (Wildman–Crippen LogP) is 2.65. The summed E-state index contributed by atoms with van der Waals surface area (Å²) in [6, 6.07) is 8.37. The number of benzene rings is 1. The van der Waals surface area contributed by atoms with Gasteiger partial charge in [0.2, 0.25) is 0 Å². The van der Waals surface area contributed by atoms with E-state index in [0.717, 1.165) is 18.3 Å². The molecule has 0 aromatic heterocycles. The van der Waals surface area contributed by atoms with Gasteiger partial charge in [-0.3, -0.25) is 4.99 Å². The fourth-order valence-electron chi connectivity index (χ4n) is 2.26. The van der Waals surface area contributed by atoms with Crippen molar-refractivity contribution in [3.05, 3.63) is 29.8 Å². The molecule has 0 aliphatic heterocycles. The summed E-state index contributed by atoms with van der Waals surface area (Å²) in [6.07, 6.45) is 0. The smallest absolute Gasteiger partial charge is 0.191 e. The number of nitrogens with one attached hydrogen (secondary N) is 2. The Morgan fingerprint density at radius 1 is 1.30 bits per heavy atom. The number of hydrogen-bond donors (Lipinski definition) is 2. The van der Waals surface area contributed by atoms with Gasteiger partial charge in [0.05, 0.1) is 19.7 Å². The highest BCUT2D eigenvalue weighted by Crippen LogP contribution is 2.22. The van der Waals surface area contributed by atoms with Crippen LogP contribution in [-0.2, 0) is 0 Å². The van der Waals surface area contributed by atoms with Crippen molar-refractivity contribution in [2.45, 2.75) is 39.3 Å². The van der Waals surface area contributed by atoms with Gasteiger partial charge in [0.15, 0.2) is 5.96 Å². The van der Waals surface area contributed by atoms with E-state index in [9.17, 15) is 0 Å². The van der Waals surface area contributed by atoms with Crippen LogP contribution in [0.3, 0.4) is 0 Å². The Balaban J connectivity index is 2.94. The van der Waals surface area contributed by atoms with Crippen molar-refractivity contribution in [1.82, 2.24) is 15.5 Å². The quantitative estimate of drug-likeness (QED) is 0.625. The maximum Gasteiger partial charge on any atom is 0.191 e. The highest BCUT2D eigenvalue weighted by Gasteiger charge is 2.16. The first-order chi connectivity index (χ1) is 10.8. The molecule has 0 heterocycles. The summed E-state index contributed by atoms with van der Waals surface area (Å²) in [6.45, 7) is 9.98. The van der Waals surface area contributed by atoms with Crippen LogP contribution in [0.1, 0.15) is 39.3 Å². The number of hydrogen-bond acceptors (Lipinski definition) is 3. The molecule has 5 nitrogen and oxygen atoms in total. The first-order valence-electron chi connectivity index (χ1n) is 8.13. The minimum absolute atomic E-state index is 0.0232. The average Bonchev–Trinajstić information content (AvgIpc) is 2.46. The van der Waals surface area contributed by atoms with Gasteiger partial charge in [-0.15, -0.1) is 0 Å². The summed E-state index contributed by atoms with van der Waals surface area (Å²) in [4.78, 5) is 6.94. The van der Waals surface area contributed by atoms with Crippen LogP contribution in [0.4, 0.5) is 0 Å². The second-order valence-corrected chi connectivity index (χ2v) is 6.85. The van der Waals surface area contributed by atoms with Gasteiger partial charge in [-0.05, 0) is 59.5 Å². The molecule has 0 spiro atoms. The zero-order chi connectivity index (χ0) is 17.5. The third-order valence-corrected chi connectivity index (χ3v) is 3.36. The lowest BCUT2D eigenvalue weighted by atomic mass is 10.1.